The smallest absolute Gasteiger partial charge is 0.164 e. The Kier molecular flexibility index (Phi) is 5.68. The molecule has 0 radical (unpaired) electrons. The summed E-state index contributed by atoms with van der Waals surface area (Å²) in [7, 11) is 0.0706. The van der Waals surface area contributed by atoms with E-state index in [0.717, 1.165) is 16.4 Å². The van der Waals surface area contributed by atoms with Crippen LogP contribution < -0.4 is 14.4 Å². The van der Waals surface area contributed by atoms with E-state index in [1.165, 1.54) is 0 Å². The van der Waals surface area contributed by atoms with E-state index in [1.807, 2.05) is 47.4 Å². The monoisotopic (exact) mass is 452 g/mol. The first-order valence-corrected chi connectivity index (χ1v) is 12.3. The third kappa shape index (κ3) is 4.20. The van der Waals surface area contributed by atoms with Crippen LogP contribution in [0.3, 0.4) is 0 Å². The summed E-state index contributed by atoms with van der Waals surface area (Å²) in [6.45, 7) is 0. The lowest BCUT2D eigenvalue weighted by Gasteiger charge is -2.28. The first-order chi connectivity index (χ1) is 13.9. The predicted octanol–water partition coefficient (Wildman–Crippen LogP) is 3.63. The number of thioether (sulfide) groups is 1. The van der Waals surface area contributed by atoms with Gasteiger partial charge in [-0.1, -0.05) is 35.5 Å². The molecule has 2 aliphatic rings. The van der Waals surface area contributed by atoms with E-state index in [4.69, 9.17) is 26.1 Å². The molecule has 0 amide bonds. The molecule has 9 heteroatoms. The number of anilines is 1. The summed E-state index contributed by atoms with van der Waals surface area (Å²) in [4.78, 5) is 6.76. The molecule has 154 valence electrons. The quantitative estimate of drug-likeness (QED) is 0.690. The minimum Gasteiger partial charge on any atom is -0.497 e. The predicted molar refractivity (Wildman–Crippen MR) is 118 cm³/mol. The molecule has 0 saturated carbocycles. The van der Waals surface area contributed by atoms with E-state index >= 15 is 0 Å². The highest BCUT2D eigenvalue weighted by molar-refractivity contribution is 8.13. The van der Waals surface area contributed by atoms with Crippen molar-refractivity contribution < 1.29 is 17.9 Å². The number of aliphatic imine (C=N–C) groups is 1. The van der Waals surface area contributed by atoms with Crippen LogP contribution in [-0.4, -0.2) is 51.4 Å². The molecule has 2 aliphatic heterocycles. The molecule has 0 N–H and O–H groups in total. The largest absolute Gasteiger partial charge is 0.497 e. The SMILES string of the molecule is COc1ccc(OC)c(N2C(SCc3cccc(Cl)c3)=N[C@@H]3CS(=O)(=O)C[C@@H]32)c1. The molecule has 0 aromatic heterocycles. The lowest BCUT2D eigenvalue weighted by atomic mass is 10.1. The third-order valence-electron chi connectivity index (χ3n) is 5.01. The van der Waals surface area contributed by atoms with Crippen LogP contribution in [0.4, 0.5) is 5.69 Å². The minimum atomic E-state index is -3.13. The average molecular weight is 453 g/mol. The van der Waals surface area contributed by atoms with Gasteiger partial charge in [-0.3, -0.25) is 4.99 Å². The van der Waals surface area contributed by atoms with Crippen LogP contribution >= 0.6 is 23.4 Å². The fraction of sp³-hybridized carbons (Fsp3) is 0.350. The van der Waals surface area contributed by atoms with Gasteiger partial charge in [0.15, 0.2) is 15.0 Å². The molecular formula is C20H21ClN2O4S2. The lowest BCUT2D eigenvalue weighted by Crippen LogP contribution is -2.39. The Morgan fingerprint density at radius 1 is 1.17 bits per heavy atom. The second-order valence-corrected chi connectivity index (χ2v) is 10.5. The van der Waals surface area contributed by atoms with Gasteiger partial charge in [0.2, 0.25) is 0 Å². The molecule has 2 aromatic rings. The number of halogens is 1. The number of amidine groups is 1. The fourth-order valence-corrected chi connectivity index (χ4v) is 6.79. The van der Waals surface area contributed by atoms with Crippen molar-refractivity contribution in [2.45, 2.75) is 17.8 Å². The molecule has 0 bridgehead atoms. The molecule has 6 nitrogen and oxygen atoms in total. The average Bonchev–Trinajstić information content (AvgIpc) is 3.16. The van der Waals surface area contributed by atoms with Crippen molar-refractivity contribution in [2.75, 3.05) is 30.6 Å². The van der Waals surface area contributed by atoms with Gasteiger partial charge in [-0.25, -0.2) is 8.42 Å². The number of fused-ring (bicyclic) bond motifs is 1. The van der Waals surface area contributed by atoms with Gasteiger partial charge >= 0.3 is 0 Å². The molecule has 0 spiro atoms. The molecule has 2 aromatic carbocycles. The van der Waals surface area contributed by atoms with E-state index in [1.54, 1.807) is 26.0 Å². The zero-order valence-corrected chi connectivity index (χ0v) is 18.4. The highest BCUT2D eigenvalue weighted by Crippen LogP contribution is 2.41. The van der Waals surface area contributed by atoms with Crippen molar-refractivity contribution in [1.29, 1.82) is 0 Å². The topological polar surface area (TPSA) is 68.2 Å². The van der Waals surface area contributed by atoms with Crippen molar-refractivity contribution in [1.82, 2.24) is 0 Å². The molecule has 1 saturated heterocycles. The highest BCUT2D eigenvalue weighted by Gasteiger charge is 2.47. The third-order valence-corrected chi connectivity index (χ3v) is 7.98. The highest BCUT2D eigenvalue weighted by atomic mass is 35.5. The van der Waals surface area contributed by atoms with E-state index in [9.17, 15) is 8.42 Å². The summed E-state index contributed by atoms with van der Waals surface area (Å²) in [6.07, 6.45) is 0. The zero-order valence-electron chi connectivity index (χ0n) is 16.0. The van der Waals surface area contributed by atoms with Crippen molar-refractivity contribution in [3.8, 4) is 11.5 Å². The maximum absolute atomic E-state index is 12.2. The Morgan fingerprint density at radius 2 is 2.00 bits per heavy atom. The number of hydrogen-bond donors (Lipinski definition) is 0. The van der Waals surface area contributed by atoms with Crippen LogP contribution in [0.25, 0.3) is 0 Å². The molecule has 1 fully saturated rings. The number of hydrogen-bond acceptors (Lipinski definition) is 7. The first kappa shape index (κ1) is 20.4. The number of sulfone groups is 1. The van der Waals surface area contributed by atoms with E-state index in [0.29, 0.717) is 22.3 Å². The number of methoxy groups -OCH3 is 2. The molecule has 0 aliphatic carbocycles. The number of rotatable bonds is 5. The number of benzene rings is 2. The van der Waals surface area contributed by atoms with Crippen molar-refractivity contribution in [3.05, 3.63) is 53.1 Å². The van der Waals surface area contributed by atoms with Crippen LogP contribution in [0.15, 0.2) is 47.5 Å². The fourth-order valence-electron chi connectivity index (χ4n) is 3.67. The van der Waals surface area contributed by atoms with Gasteiger partial charge in [-0.2, -0.15) is 0 Å². The Bertz CT molecular complexity index is 1060. The van der Waals surface area contributed by atoms with Crippen LogP contribution in [0.1, 0.15) is 5.56 Å². The summed E-state index contributed by atoms with van der Waals surface area (Å²) in [6, 6.07) is 12.7. The van der Waals surface area contributed by atoms with E-state index in [-0.39, 0.29) is 23.6 Å². The summed E-state index contributed by atoms with van der Waals surface area (Å²) in [5.41, 5.74) is 1.83. The van der Waals surface area contributed by atoms with Gasteiger partial charge in [0.1, 0.15) is 11.5 Å². The van der Waals surface area contributed by atoms with E-state index in [2.05, 4.69) is 0 Å². The van der Waals surface area contributed by atoms with Gasteiger partial charge < -0.3 is 14.4 Å². The second-order valence-electron chi connectivity index (χ2n) is 6.95. The maximum atomic E-state index is 12.2. The van der Waals surface area contributed by atoms with Crippen LogP contribution in [-0.2, 0) is 15.6 Å². The van der Waals surface area contributed by atoms with Crippen LogP contribution in [0.2, 0.25) is 5.02 Å². The first-order valence-electron chi connectivity index (χ1n) is 9.07. The van der Waals surface area contributed by atoms with Crippen molar-refractivity contribution in [3.63, 3.8) is 0 Å². The van der Waals surface area contributed by atoms with Crippen molar-refractivity contribution in [2.24, 2.45) is 4.99 Å². The van der Waals surface area contributed by atoms with E-state index < -0.39 is 9.84 Å². The molecule has 2 atom stereocenters. The molecule has 4 rings (SSSR count). The number of nitrogens with zero attached hydrogens (tertiary/aromatic N) is 2. The van der Waals surface area contributed by atoms with Gasteiger partial charge in [0.25, 0.3) is 0 Å². The van der Waals surface area contributed by atoms with Crippen LogP contribution in [0, 0.1) is 0 Å². The Hall–Kier alpha value is -1.90. The van der Waals surface area contributed by atoms with Gasteiger partial charge in [0, 0.05) is 16.8 Å². The second kappa shape index (κ2) is 8.08. The minimum absolute atomic E-state index is 0.0711. The van der Waals surface area contributed by atoms with Crippen molar-refractivity contribution >= 4 is 44.1 Å². The Balaban J connectivity index is 1.69. The summed E-state index contributed by atoms with van der Waals surface area (Å²) >= 11 is 7.66. The normalized spacial score (nSPS) is 22.3. The summed E-state index contributed by atoms with van der Waals surface area (Å²) in [5, 5.41) is 1.46. The molecule has 2 heterocycles. The van der Waals surface area contributed by atoms with Gasteiger partial charge in [-0.05, 0) is 29.8 Å². The van der Waals surface area contributed by atoms with Crippen LogP contribution in [0.5, 0.6) is 11.5 Å². The van der Waals surface area contributed by atoms with Gasteiger partial charge in [-0.15, -0.1) is 0 Å². The molecule has 29 heavy (non-hydrogen) atoms. The van der Waals surface area contributed by atoms with Gasteiger partial charge in [0.05, 0.1) is 43.5 Å². The summed E-state index contributed by atoms with van der Waals surface area (Å²) < 4.78 is 35.4. The zero-order chi connectivity index (χ0) is 20.6. The number of ether oxygens (including phenoxy) is 2. The maximum Gasteiger partial charge on any atom is 0.164 e. The molecule has 0 unspecified atom stereocenters. The standard InChI is InChI=1S/C20H21ClN2O4S2/c1-26-15-6-7-19(27-2)17(9-15)23-18-12-29(24,25)11-16(18)22-20(23)28-10-13-4-3-5-14(21)8-13/h3-9,16,18H,10-12H2,1-2H3/t16-,18+/m1/s1. The molecular weight excluding hydrogens is 432 g/mol. The lowest BCUT2D eigenvalue weighted by molar-refractivity contribution is 0.403. The summed E-state index contributed by atoms with van der Waals surface area (Å²) in [5.74, 6) is 2.13. The Labute approximate surface area is 179 Å². The Morgan fingerprint density at radius 3 is 2.72 bits per heavy atom.